The molecule has 0 radical (unpaired) electrons. The fourth-order valence-corrected chi connectivity index (χ4v) is 2.58. The minimum atomic E-state index is -0.645. The van der Waals surface area contributed by atoms with Crippen LogP contribution in [0.4, 0.5) is 4.39 Å². The van der Waals surface area contributed by atoms with Crippen LogP contribution in [0.1, 0.15) is 50.4 Å². The lowest BCUT2D eigenvalue weighted by atomic mass is 10.1. The van der Waals surface area contributed by atoms with Gasteiger partial charge in [0.05, 0.1) is 5.69 Å². The first-order chi connectivity index (χ1) is 10.1. The summed E-state index contributed by atoms with van der Waals surface area (Å²) in [5.41, 5.74) is 2.17. The summed E-state index contributed by atoms with van der Waals surface area (Å²) in [7, 11) is 0. The Bertz CT molecular complexity index is 413. The van der Waals surface area contributed by atoms with E-state index in [1.165, 1.54) is 12.8 Å². The van der Waals surface area contributed by atoms with E-state index in [4.69, 9.17) is 4.74 Å². The molecule has 0 N–H and O–H groups in total. The molecule has 21 heavy (non-hydrogen) atoms. The number of ether oxygens (including phenoxy) is 1. The fraction of sp³-hybridized carbons (Fsp3) is 0.706. The van der Waals surface area contributed by atoms with Crippen molar-refractivity contribution in [3.63, 3.8) is 0 Å². The molecule has 0 unspecified atom stereocenters. The summed E-state index contributed by atoms with van der Waals surface area (Å²) in [5.74, 6) is 0.451. The van der Waals surface area contributed by atoms with E-state index in [-0.39, 0.29) is 0 Å². The molecule has 2 aliphatic rings. The Balaban J connectivity index is 0.000000272. The van der Waals surface area contributed by atoms with Crippen LogP contribution < -0.4 is 0 Å². The molecule has 1 aromatic heterocycles. The van der Waals surface area contributed by atoms with Crippen LogP contribution in [0.5, 0.6) is 0 Å². The minimum absolute atomic E-state index is 0.451. The highest BCUT2D eigenvalue weighted by Crippen LogP contribution is 2.16. The number of alkyl halides is 1. The average Bonchev–Trinajstić information content (AvgIpc) is 3.14. The quantitative estimate of drug-likeness (QED) is 0.852. The van der Waals surface area contributed by atoms with Gasteiger partial charge < -0.3 is 4.74 Å². The summed E-state index contributed by atoms with van der Waals surface area (Å²) in [6.45, 7) is 8.47. The van der Waals surface area contributed by atoms with Crippen molar-refractivity contribution in [2.45, 2.75) is 51.7 Å². The van der Waals surface area contributed by atoms with Gasteiger partial charge in [-0.3, -0.25) is 9.88 Å². The van der Waals surface area contributed by atoms with Crippen molar-refractivity contribution in [3.8, 4) is 0 Å². The molecule has 1 atom stereocenters. The molecule has 1 aromatic rings. The zero-order valence-corrected chi connectivity index (χ0v) is 13.2. The smallest absolute Gasteiger partial charge is 0.114 e. The second-order valence-corrected chi connectivity index (χ2v) is 6.15. The molecule has 4 heteroatoms. The summed E-state index contributed by atoms with van der Waals surface area (Å²) in [5, 5.41) is 0. The molecule has 3 rings (SSSR count). The van der Waals surface area contributed by atoms with Crippen molar-refractivity contribution in [1.29, 1.82) is 0 Å². The molecule has 2 fully saturated rings. The molecule has 0 aliphatic carbocycles. The first-order valence-electron chi connectivity index (χ1n) is 8.05. The van der Waals surface area contributed by atoms with Crippen molar-refractivity contribution in [2.24, 2.45) is 0 Å². The van der Waals surface area contributed by atoms with Gasteiger partial charge in [-0.25, -0.2) is 4.39 Å². The van der Waals surface area contributed by atoms with Crippen molar-refractivity contribution in [3.05, 3.63) is 29.6 Å². The molecular formula is C17H27FN2O. The van der Waals surface area contributed by atoms with Crippen molar-refractivity contribution < 1.29 is 9.13 Å². The summed E-state index contributed by atoms with van der Waals surface area (Å²) >= 11 is 0. The normalized spacial score (nSPS) is 22.4. The predicted octanol–water partition coefficient (Wildman–Crippen LogP) is 3.55. The Morgan fingerprint density at radius 3 is 2.62 bits per heavy atom. The van der Waals surface area contributed by atoms with E-state index in [1.54, 1.807) is 0 Å². The molecule has 3 heterocycles. The van der Waals surface area contributed by atoms with Crippen LogP contribution in [0.2, 0.25) is 0 Å². The van der Waals surface area contributed by atoms with Gasteiger partial charge in [0, 0.05) is 38.5 Å². The van der Waals surface area contributed by atoms with Gasteiger partial charge in [-0.05, 0) is 37.3 Å². The molecule has 0 amide bonds. The number of hydrogen-bond donors (Lipinski definition) is 0. The summed E-state index contributed by atoms with van der Waals surface area (Å²) in [6, 6.07) is 6.12. The Kier molecular flexibility index (Phi) is 6.58. The van der Waals surface area contributed by atoms with Gasteiger partial charge in [-0.15, -0.1) is 0 Å². The van der Waals surface area contributed by atoms with E-state index in [9.17, 15) is 4.39 Å². The van der Waals surface area contributed by atoms with Crippen LogP contribution in [-0.2, 0) is 11.3 Å². The molecule has 0 bridgehead atoms. The maximum absolute atomic E-state index is 13.0. The maximum atomic E-state index is 13.0. The molecule has 0 saturated carbocycles. The number of pyridine rings is 1. The molecule has 2 aliphatic heterocycles. The number of aromatic nitrogens is 1. The molecule has 2 saturated heterocycles. The van der Waals surface area contributed by atoms with E-state index < -0.39 is 6.17 Å². The number of rotatable bonds is 3. The number of hydrogen-bond acceptors (Lipinski definition) is 3. The van der Waals surface area contributed by atoms with Crippen LogP contribution in [0.3, 0.4) is 0 Å². The van der Waals surface area contributed by atoms with Crippen LogP contribution in [0.15, 0.2) is 18.2 Å². The largest absolute Gasteiger partial charge is 0.381 e. The van der Waals surface area contributed by atoms with Gasteiger partial charge in [0.1, 0.15) is 6.17 Å². The van der Waals surface area contributed by atoms with E-state index >= 15 is 0 Å². The van der Waals surface area contributed by atoms with Crippen LogP contribution >= 0.6 is 0 Å². The molecule has 0 aromatic carbocycles. The molecular weight excluding hydrogens is 267 g/mol. The zero-order valence-electron chi connectivity index (χ0n) is 13.2. The number of nitrogens with zero attached hydrogens (tertiary/aromatic N) is 2. The Labute approximate surface area is 127 Å². The first kappa shape index (κ1) is 16.4. The second-order valence-electron chi connectivity index (χ2n) is 6.15. The Hall–Kier alpha value is -1.00. The third-order valence-electron chi connectivity index (χ3n) is 3.85. The number of likely N-dealkylation sites (tertiary alicyclic amines) is 1. The Morgan fingerprint density at radius 2 is 2.10 bits per heavy atom. The SMILES string of the molecule is C1CCOC1.CC(C)c1cccc(CN2CC[C@H](F)C2)n1. The van der Waals surface area contributed by atoms with E-state index in [0.29, 0.717) is 18.9 Å². The van der Waals surface area contributed by atoms with Gasteiger partial charge >= 0.3 is 0 Å². The van der Waals surface area contributed by atoms with Gasteiger partial charge in [0.2, 0.25) is 0 Å². The highest BCUT2D eigenvalue weighted by atomic mass is 19.1. The lowest BCUT2D eigenvalue weighted by molar-refractivity contribution is 0.198. The van der Waals surface area contributed by atoms with Gasteiger partial charge in [-0.2, -0.15) is 0 Å². The van der Waals surface area contributed by atoms with Gasteiger partial charge in [-0.1, -0.05) is 19.9 Å². The van der Waals surface area contributed by atoms with Crippen LogP contribution in [-0.4, -0.2) is 42.4 Å². The standard InChI is InChI=1S/C13H19FN2.C4H8O/c1-10(2)13-5-3-4-12(15-13)9-16-7-6-11(14)8-16;1-2-4-5-3-1/h3-5,10-11H,6-9H2,1-2H3;1-4H2/t11-;/m0./s1. The first-order valence-corrected chi connectivity index (χ1v) is 8.05. The maximum Gasteiger partial charge on any atom is 0.114 e. The molecule has 0 spiro atoms. The van der Waals surface area contributed by atoms with E-state index in [2.05, 4.69) is 29.8 Å². The number of halogens is 1. The molecule has 118 valence electrons. The van der Waals surface area contributed by atoms with Crippen LogP contribution in [0.25, 0.3) is 0 Å². The third kappa shape index (κ3) is 5.71. The minimum Gasteiger partial charge on any atom is -0.381 e. The summed E-state index contributed by atoms with van der Waals surface area (Å²) < 4.78 is 18.0. The van der Waals surface area contributed by atoms with Gasteiger partial charge in [0.25, 0.3) is 0 Å². The van der Waals surface area contributed by atoms with E-state index in [1.807, 2.05) is 12.1 Å². The summed E-state index contributed by atoms with van der Waals surface area (Å²) in [6.07, 6.45) is 2.58. The monoisotopic (exact) mass is 294 g/mol. The fourth-order valence-electron chi connectivity index (χ4n) is 2.58. The highest BCUT2D eigenvalue weighted by molar-refractivity contribution is 5.14. The highest BCUT2D eigenvalue weighted by Gasteiger charge is 2.21. The predicted molar refractivity (Wildman–Crippen MR) is 83.2 cm³/mol. The molecule has 3 nitrogen and oxygen atoms in total. The lowest BCUT2D eigenvalue weighted by Gasteiger charge is -2.15. The second kappa shape index (κ2) is 8.44. The Morgan fingerprint density at radius 1 is 1.33 bits per heavy atom. The van der Waals surface area contributed by atoms with Crippen molar-refractivity contribution in [1.82, 2.24) is 9.88 Å². The van der Waals surface area contributed by atoms with Crippen LogP contribution in [0, 0.1) is 0 Å². The van der Waals surface area contributed by atoms with E-state index in [0.717, 1.165) is 37.7 Å². The summed E-state index contributed by atoms with van der Waals surface area (Å²) in [4.78, 5) is 6.73. The van der Waals surface area contributed by atoms with Crippen molar-refractivity contribution >= 4 is 0 Å². The van der Waals surface area contributed by atoms with Gasteiger partial charge in [0.15, 0.2) is 0 Å². The zero-order chi connectivity index (χ0) is 15.1. The topological polar surface area (TPSA) is 25.4 Å². The lowest BCUT2D eigenvalue weighted by Crippen LogP contribution is -2.21. The third-order valence-corrected chi connectivity index (χ3v) is 3.85. The average molecular weight is 294 g/mol. The van der Waals surface area contributed by atoms with Crippen molar-refractivity contribution in [2.75, 3.05) is 26.3 Å².